The summed E-state index contributed by atoms with van der Waals surface area (Å²) in [7, 11) is 1.52. The molecule has 0 aliphatic heterocycles. The molecule has 0 aromatic heterocycles. The molecule has 7 nitrogen and oxygen atoms in total. The molecule has 0 heterocycles. The molecule has 0 spiro atoms. The van der Waals surface area contributed by atoms with Crippen LogP contribution >= 0.6 is 0 Å². The van der Waals surface area contributed by atoms with E-state index in [9.17, 15) is 14.4 Å². The summed E-state index contributed by atoms with van der Waals surface area (Å²) >= 11 is 0. The minimum atomic E-state index is -1.12. The first-order valence-electron chi connectivity index (χ1n) is 6.36. The summed E-state index contributed by atoms with van der Waals surface area (Å²) in [4.78, 5) is 34.5. The highest BCUT2D eigenvalue weighted by molar-refractivity contribution is 5.99. The van der Waals surface area contributed by atoms with Gasteiger partial charge in [0.15, 0.2) is 0 Å². The molecule has 0 aliphatic carbocycles. The van der Waals surface area contributed by atoms with Crippen LogP contribution in [0.3, 0.4) is 0 Å². The van der Waals surface area contributed by atoms with Crippen molar-refractivity contribution in [3.8, 4) is 0 Å². The monoisotopic (exact) mass is 294 g/mol. The van der Waals surface area contributed by atoms with Gasteiger partial charge in [-0.05, 0) is 25.1 Å². The van der Waals surface area contributed by atoms with E-state index in [0.29, 0.717) is 13.2 Å². The topological polar surface area (TPSA) is 105 Å². The molecule has 0 fully saturated rings. The molecule has 0 saturated carbocycles. The van der Waals surface area contributed by atoms with Crippen molar-refractivity contribution in [2.24, 2.45) is 0 Å². The van der Waals surface area contributed by atoms with Crippen LogP contribution in [-0.4, -0.2) is 49.2 Å². The van der Waals surface area contributed by atoms with Gasteiger partial charge in [0.2, 0.25) is 5.91 Å². The van der Waals surface area contributed by atoms with E-state index >= 15 is 0 Å². The Bertz CT molecular complexity index is 530. The Balaban J connectivity index is 2.61. The van der Waals surface area contributed by atoms with Crippen LogP contribution in [0.2, 0.25) is 0 Å². The number of carbonyl (C=O) groups is 3. The molecule has 0 radical (unpaired) electrons. The molecule has 2 amide bonds. The molecule has 1 aromatic rings. The summed E-state index contributed by atoms with van der Waals surface area (Å²) in [5.74, 6) is -1.96. The number of methoxy groups -OCH3 is 1. The second-order valence-electron chi connectivity index (χ2n) is 4.36. The summed E-state index contributed by atoms with van der Waals surface area (Å²) < 4.78 is 4.80. The number of carboxylic acids is 1. The zero-order valence-corrected chi connectivity index (χ0v) is 11.9. The van der Waals surface area contributed by atoms with Crippen molar-refractivity contribution < 1.29 is 24.2 Å². The average Bonchev–Trinajstić information content (AvgIpc) is 2.47. The van der Waals surface area contributed by atoms with Gasteiger partial charge in [0.05, 0.1) is 12.2 Å². The van der Waals surface area contributed by atoms with Gasteiger partial charge in [-0.2, -0.15) is 0 Å². The highest BCUT2D eigenvalue weighted by Gasteiger charge is 2.17. The van der Waals surface area contributed by atoms with Gasteiger partial charge in [-0.3, -0.25) is 9.59 Å². The number of hydrogen-bond donors (Lipinski definition) is 3. The number of rotatable bonds is 7. The lowest BCUT2D eigenvalue weighted by Gasteiger charge is -2.14. The lowest BCUT2D eigenvalue weighted by molar-refractivity contribution is -0.122. The second kappa shape index (κ2) is 8.01. The Hall–Kier alpha value is -2.41. The van der Waals surface area contributed by atoms with Crippen molar-refractivity contribution in [2.45, 2.75) is 13.0 Å². The Kier molecular flexibility index (Phi) is 6.35. The predicted molar refractivity (Wildman–Crippen MR) is 75.2 cm³/mol. The minimum absolute atomic E-state index is 0.0137. The molecular weight excluding hydrogens is 276 g/mol. The van der Waals surface area contributed by atoms with Crippen LogP contribution in [0.5, 0.6) is 0 Å². The second-order valence-corrected chi connectivity index (χ2v) is 4.36. The molecule has 1 unspecified atom stereocenters. The fraction of sp³-hybridized carbons (Fsp3) is 0.357. The molecule has 1 aromatic carbocycles. The zero-order valence-electron chi connectivity index (χ0n) is 11.9. The van der Waals surface area contributed by atoms with E-state index in [1.54, 1.807) is 6.92 Å². The van der Waals surface area contributed by atoms with Gasteiger partial charge in [0, 0.05) is 19.2 Å². The molecule has 1 rings (SSSR count). The third-order valence-corrected chi connectivity index (χ3v) is 2.72. The van der Waals surface area contributed by atoms with Crippen molar-refractivity contribution in [1.29, 1.82) is 0 Å². The Morgan fingerprint density at radius 2 is 1.95 bits per heavy atom. The third-order valence-electron chi connectivity index (χ3n) is 2.72. The van der Waals surface area contributed by atoms with Gasteiger partial charge < -0.3 is 20.5 Å². The lowest BCUT2D eigenvalue weighted by atomic mass is 10.1. The molecule has 114 valence electrons. The normalized spacial score (nSPS) is 11.5. The Morgan fingerprint density at radius 3 is 2.57 bits per heavy atom. The van der Waals surface area contributed by atoms with E-state index in [1.165, 1.54) is 31.4 Å². The fourth-order valence-electron chi connectivity index (χ4n) is 1.57. The molecular formula is C14H18N2O5. The maximum atomic E-state index is 12.0. The predicted octanol–water partition coefficient (Wildman–Crippen LogP) is 0.266. The van der Waals surface area contributed by atoms with Crippen LogP contribution in [0.15, 0.2) is 24.3 Å². The number of ether oxygens (including phenoxy) is 1. The van der Waals surface area contributed by atoms with Crippen molar-refractivity contribution >= 4 is 17.8 Å². The van der Waals surface area contributed by atoms with E-state index in [0.717, 1.165) is 0 Å². The summed E-state index contributed by atoms with van der Waals surface area (Å²) in [6.07, 6.45) is 0. The molecule has 7 heteroatoms. The number of hydrogen-bond acceptors (Lipinski definition) is 4. The smallest absolute Gasteiger partial charge is 0.335 e. The summed E-state index contributed by atoms with van der Waals surface area (Å²) in [5, 5.41) is 14.0. The standard InChI is InChI=1S/C14H18N2O5/c1-9(12(17)15-6-7-21-2)16-13(18)10-4-3-5-11(8-10)14(19)20/h3-5,8-9H,6-7H2,1-2H3,(H,15,17)(H,16,18)(H,19,20). The lowest BCUT2D eigenvalue weighted by Crippen LogP contribution is -2.45. The van der Waals surface area contributed by atoms with Crippen molar-refractivity contribution in [2.75, 3.05) is 20.3 Å². The van der Waals surface area contributed by atoms with E-state index in [-0.39, 0.29) is 17.0 Å². The van der Waals surface area contributed by atoms with Crippen LogP contribution in [0.25, 0.3) is 0 Å². The quantitative estimate of drug-likeness (QED) is 0.626. The summed E-state index contributed by atoms with van der Waals surface area (Å²) in [6.45, 7) is 2.28. The molecule has 0 aliphatic rings. The van der Waals surface area contributed by atoms with Gasteiger partial charge in [-0.25, -0.2) is 4.79 Å². The molecule has 1 atom stereocenters. The summed E-state index contributed by atoms with van der Waals surface area (Å²) in [6, 6.07) is 4.87. The first-order valence-corrected chi connectivity index (χ1v) is 6.36. The molecule has 21 heavy (non-hydrogen) atoms. The van der Waals surface area contributed by atoms with Crippen molar-refractivity contribution in [3.05, 3.63) is 35.4 Å². The van der Waals surface area contributed by atoms with Crippen LogP contribution in [0, 0.1) is 0 Å². The van der Waals surface area contributed by atoms with E-state index in [4.69, 9.17) is 9.84 Å². The summed E-state index contributed by atoms with van der Waals surface area (Å²) in [5.41, 5.74) is 0.200. The van der Waals surface area contributed by atoms with Crippen LogP contribution in [0.1, 0.15) is 27.6 Å². The minimum Gasteiger partial charge on any atom is -0.478 e. The van der Waals surface area contributed by atoms with E-state index in [1.807, 2.05) is 0 Å². The number of benzene rings is 1. The molecule has 0 saturated heterocycles. The van der Waals surface area contributed by atoms with Gasteiger partial charge in [0.25, 0.3) is 5.91 Å². The SMILES string of the molecule is COCCNC(=O)C(C)NC(=O)c1cccc(C(=O)O)c1. The van der Waals surface area contributed by atoms with Gasteiger partial charge in [0.1, 0.15) is 6.04 Å². The maximum Gasteiger partial charge on any atom is 0.335 e. The molecule has 0 bridgehead atoms. The van der Waals surface area contributed by atoms with Crippen LogP contribution in [0.4, 0.5) is 0 Å². The number of nitrogens with one attached hydrogen (secondary N) is 2. The number of carboxylic acid groups (broad SMARTS) is 1. The maximum absolute atomic E-state index is 12.0. The highest BCUT2D eigenvalue weighted by atomic mass is 16.5. The van der Waals surface area contributed by atoms with E-state index < -0.39 is 17.9 Å². The first kappa shape index (κ1) is 16.6. The van der Waals surface area contributed by atoms with Crippen molar-refractivity contribution in [3.63, 3.8) is 0 Å². The number of aromatic carboxylic acids is 1. The molecule has 3 N–H and O–H groups in total. The zero-order chi connectivity index (χ0) is 15.8. The first-order chi connectivity index (χ1) is 9.95. The van der Waals surface area contributed by atoms with Gasteiger partial charge in [-0.15, -0.1) is 0 Å². The van der Waals surface area contributed by atoms with Gasteiger partial charge in [-0.1, -0.05) is 6.07 Å². The third kappa shape index (κ3) is 5.23. The van der Waals surface area contributed by atoms with E-state index in [2.05, 4.69) is 10.6 Å². The largest absolute Gasteiger partial charge is 0.478 e. The highest BCUT2D eigenvalue weighted by Crippen LogP contribution is 2.05. The number of carbonyl (C=O) groups excluding carboxylic acids is 2. The Morgan fingerprint density at radius 1 is 1.29 bits per heavy atom. The number of amides is 2. The Labute approximate surface area is 122 Å². The average molecular weight is 294 g/mol. The van der Waals surface area contributed by atoms with Gasteiger partial charge >= 0.3 is 5.97 Å². The fourth-order valence-corrected chi connectivity index (χ4v) is 1.57. The van der Waals surface area contributed by atoms with Crippen LogP contribution in [-0.2, 0) is 9.53 Å². The van der Waals surface area contributed by atoms with Crippen LogP contribution < -0.4 is 10.6 Å². The van der Waals surface area contributed by atoms with Crippen molar-refractivity contribution in [1.82, 2.24) is 10.6 Å².